The zero-order valence-corrected chi connectivity index (χ0v) is 65.3. The van der Waals surface area contributed by atoms with Crippen LogP contribution in [0.15, 0.2) is 393 Å². The molecule has 119 heavy (non-hydrogen) atoms. The van der Waals surface area contributed by atoms with Gasteiger partial charge in [-0.25, -0.2) is 29.9 Å². The van der Waals surface area contributed by atoms with Gasteiger partial charge in [-0.15, -0.1) is 0 Å². The second-order valence-corrected chi connectivity index (χ2v) is 30.6. The Labute approximate surface area is 692 Å². The number of rotatable bonds is 13. The molecule has 0 saturated carbocycles. The Morgan fingerprint density at radius 2 is 0.546 bits per heavy atom. The standard InChI is InChI=1S/C53H31N5OS.C53H33N5S/c1-3-11-34(12-4-1)50-43-27-28-44-51(58-60-57-44)49(43)42-26-25-37(30-47(42)54-50)36-15-9-16-38(29-36)46-31-45(55-53(56-46)35-13-5-2-6-14-35)33-23-21-32(22-24-33)39-18-10-19-41-40-17-7-8-20-48(40)59-52(39)41;1-5-14-34(15-6-1)41-29-42(35-16-7-2-8-17-35)31-43(30-41)48-33-47(55-53(56-48)37-20-11-4-12-21-37)40-23-13-22-38(28-40)39-24-25-44-49(32-39)54-51(36-18-9-3-10-19-36)45-26-27-46-52(50(44)45)58-59-57-46/h1-31H;1-33H. The summed E-state index contributed by atoms with van der Waals surface area (Å²) >= 11 is 2.49. The van der Waals surface area contributed by atoms with Gasteiger partial charge in [-0.3, -0.25) is 0 Å². The van der Waals surface area contributed by atoms with E-state index in [1.54, 1.807) is 0 Å². The highest BCUT2D eigenvalue weighted by atomic mass is 32.1. The van der Waals surface area contributed by atoms with Gasteiger partial charge in [0.2, 0.25) is 0 Å². The lowest BCUT2D eigenvalue weighted by atomic mass is 9.94. The summed E-state index contributed by atoms with van der Waals surface area (Å²) in [5, 5.41) is 8.63. The number of fused-ring (bicyclic) bond motifs is 13. The highest BCUT2D eigenvalue weighted by Crippen LogP contribution is 2.44. The second-order valence-electron chi connectivity index (χ2n) is 29.6. The predicted octanol–water partition coefficient (Wildman–Crippen LogP) is 27.9. The first kappa shape index (κ1) is 70.1. The summed E-state index contributed by atoms with van der Waals surface area (Å²) < 4.78 is 25.0. The van der Waals surface area contributed by atoms with Crippen molar-refractivity contribution >= 4 is 111 Å². The van der Waals surface area contributed by atoms with Crippen LogP contribution in [0.25, 0.3) is 233 Å². The average molecular weight is 1560 g/mol. The van der Waals surface area contributed by atoms with Gasteiger partial charge in [-0.2, -0.15) is 17.5 Å². The van der Waals surface area contributed by atoms with Crippen molar-refractivity contribution in [3.05, 3.63) is 388 Å². The van der Waals surface area contributed by atoms with Gasteiger partial charge in [0.25, 0.3) is 0 Å². The molecule has 11 nitrogen and oxygen atoms in total. The second kappa shape index (κ2) is 30.0. The van der Waals surface area contributed by atoms with Crippen molar-refractivity contribution in [2.24, 2.45) is 0 Å². The van der Waals surface area contributed by atoms with Gasteiger partial charge >= 0.3 is 0 Å². The Bertz CT molecular complexity index is 7780. The Balaban J connectivity index is 0.000000143. The molecule has 7 aromatic heterocycles. The van der Waals surface area contributed by atoms with E-state index in [9.17, 15) is 0 Å². The first-order chi connectivity index (χ1) is 58.9. The number of furan rings is 1. The molecule has 0 aliphatic heterocycles. The smallest absolute Gasteiger partial charge is 0.160 e. The van der Waals surface area contributed by atoms with Crippen LogP contribution >= 0.6 is 23.5 Å². The summed E-state index contributed by atoms with van der Waals surface area (Å²) in [6.07, 6.45) is 0. The summed E-state index contributed by atoms with van der Waals surface area (Å²) in [6, 6.07) is 135. The lowest BCUT2D eigenvalue weighted by Gasteiger charge is -2.14. The molecule has 0 aliphatic carbocycles. The van der Waals surface area contributed by atoms with Crippen molar-refractivity contribution in [3.8, 4) is 146 Å². The van der Waals surface area contributed by atoms with Gasteiger partial charge in [0.15, 0.2) is 11.6 Å². The van der Waals surface area contributed by atoms with Crippen molar-refractivity contribution in [3.63, 3.8) is 0 Å². The monoisotopic (exact) mass is 1560 g/mol. The van der Waals surface area contributed by atoms with Crippen LogP contribution in [0.2, 0.25) is 0 Å². The number of hydrogen-bond acceptors (Lipinski definition) is 13. The zero-order chi connectivity index (χ0) is 78.7. The SMILES string of the molecule is c1ccc(-c2cc(-c3ccccc3)cc(-c3cc(-c4cccc(-c5ccc6c(c5)nc(-c5ccccc5)c5ccc7nsnc7c56)c4)nc(-c4ccccc4)n3)c2)cc1.c1ccc(-c2nc(-c3ccc(-c4cccc5c4oc4ccccc45)cc3)cc(-c3cccc(-c4ccc5c(c4)nc(-c4ccccc4)c4ccc6nsnc6c45)c3)n2)cc1. The first-order valence-corrected chi connectivity index (χ1v) is 40.9. The lowest BCUT2D eigenvalue weighted by molar-refractivity contribution is 0.670. The molecule has 0 fully saturated rings. The molecule has 0 atom stereocenters. The van der Waals surface area contributed by atoms with Crippen LogP contribution in [0.3, 0.4) is 0 Å². The number of nitrogens with zero attached hydrogens (tertiary/aromatic N) is 10. The summed E-state index contributed by atoms with van der Waals surface area (Å²) in [6.45, 7) is 0. The van der Waals surface area contributed by atoms with Crippen molar-refractivity contribution < 1.29 is 4.42 Å². The van der Waals surface area contributed by atoms with E-state index in [1.165, 1.54) is 23.5 Å². The topological polar surface area (TPSA) is 142 Å². The molecule has 23 rings (SSSR count). The molecule has 0 spiro atoms. The van der Waals surface area contributed by atoms with E-state index in [0.717, 1.165) is 222 Å². The molecule has 0 saturated heterocycles. The minimum absolute atomic E-state index is 0.669. The van der Waals surface area contributed by atoms with Gasteiger partial charge in [0.1, 0.15) is 33.2 Å². The fourth-order valence-electron chi connectivity index (χ4n) is 16.5. The third kappa shape index (κ3) is 13.2. The van der Waals surface area contributed by atoms with E-state index in [-0.39, 0.29) is 0 Å². The van der Waals surface area contributed by atoms with Gasteiger partial charge in [-0.1, -0.05) is 303 Å². The molecule has 23 aromatic rings. The third-order valence-corrected chi connectivity index (χ3v) is 23.4. The molecule has 0 amide bonds. The molecule has 13 heteroatoms. The van der Waals surface area contributed by atoms with E-state index < -0.39 is 0 Å². The Kier molecular flexibility index (Phi) is 17.7. The van der Waals surface area contributed by atoms with Crippen molar-refractivity contribution in [2.45, 2.75) is 0 Å². The number of pyridine rings is 2. The summed E-state index contributed by atoms with van der Waals surface area (Å²) in [7, 11) is 0. The normalized spacial score (nSPS) is 11.5. The minimum Gasteiger partial charge on any atom is -0.455 e. The van der Waals surface area contributed by atoms with Crippen LogP contribution in [-0.4, -0.2) is 47.4 Å². The molecular weight excluding hydrogens is 1490 g/mol. The van der Waals surface area contributed by atoms with Crippen molar-refractivity contribution in [2.75, 3.05) is 0 Å². The van der Waals surface area contributed by atoms with Crippen LogP contribution in [0.1, 0.15) is 0 Å². The van der Waals surface area contributed by atoms with E-state index in [0.29, 0.717) is 11.6 Å². The average Bonchev–Trinajstić information content (AvgIpc) is 1.73. The molecular formula is C106H64N10OS2. The highest BCUT2D eigenvalue weighted by molar-refractivity contribution is 7.00. The van der Waals surface area contributed by atoms with Crippen molar-refractivity contribution in [1.82, 2.24) is 47.4 Å². The molecule has 0 aliphatic rings. The van der Waals surface area contributed by atoms with Gasteiger partial charge in [0, 0.05) is 93.2 Å². The van der Waals surface area contributed by atoms with Crippen LogP contribution in [0.5, 0.6) is 0 Å². The highest BCUT2D eigenvalue weighted by Gasteiger charge is 2.22. The Hall–Kier alpha value is -15.5. The Morgan fingerprint density at radius 1 is 0.193 bits per heavy atom. The maximum atomic E-state index is 6.37. The minimum atomic E-state index is 0.669. The largest absolute Gasteiger partial charge is 0.455 e. The molecule has 0 unspecified atom stereocenters. The maximum Gasteiger partial charge on any atom is 0.160 e. The van der Waals surface area contributed by atoms with Gasteiger partial charge < -0.3 is 4.42 Å². The molecule has 7 heterocycles. The van der Waals surface area contributed by atoms with Gasteiger partial charge in [0.05, 0.1) is 68.7 Å². The number of aromatic nitrogens is 10. The number of benzene rings is 16. The molecule has 0 bridgehead atoms. The first-order valence-electron chi connectivity index (χ1n) is 39.4. The Morgan fingerprint density at radius 3 is 1.03 bits per heavy atom. The fourth-order valence-corrected chi connectivity index (χ4v) is 17.6. The predicted molar refractivity (Wildman–Crippen MR) is 490 cm³/mol. The van der Waals surface area contributed by atoms with E-state index >= 15 is 0 Å². The maximum absolute atomic E-state index is 6.37. The van der Waals surface area contributed by atoms with Gasteiger partial charge in [-0.05, 0) is 135 Å². The van der Waals surface area contributed by atoms with Crippen LogP contribution < -0.4 is 0 Å². The van der Waals surface area contributed by atoms with Crippen LogP contribution in [-0.2, 0) is 0 Å². The number of hydrogen-bond donors (Lipinski definition) is 0. The summed E-state index contributed by atoms with van der Waals surface area (Å²) in [4.78, 5) is 31.3. The lowest BCUT2D eigenvalue weighted by Crippen LogP contribution is -1.97. The van der Waals surface area contributed by atoms with E-state index in [1.807, 2.05) is 72.8 Å². The molecule has 0 N–H and O–H groups in total. The quantitative estimate of drug-likeness (QED) is 0.102. The summed E-state index contributed by atoms with van der Waals surface area (Å²) in [5.41, 5.74) is 31.5. The fraction of sp³-hybridized carbons (Fsp3) is 0. The molecule has 16 aromatic carbocycles. The van der Waals surface area contributed by atoms with E-state index in [4.69, 9.17) is 43.1 Å². The van der Waals surface area contributed by atoms with Crippen LogP contribution in [0.4, 0.5) is 0 Å². The third-order valence-electron chi connectivity index (χ3n) is 22.3. The van der Waals surface area contributed by atoms with Crippen molar-refractivity contribution in [1.29, 1.82) is 0 Å². The molecule has 0 radical (unpaired) electrons. The zero-order valence-electron chi connectivity index (χ0n) is 63.6. The summed E-state index contributed by atoms with van der Waals surface area (Å²) in [5.74, 6) is 1.34. The van der Waals surface area contributed by atoms with E-state index in [2.05, 4.69) is 324 Å². The van der Waals surface area contributed by atoms with Crippen LogP contribution in [0, 0.1) is 0 Å². The molecule has 556 valence electrons. The number of para-hydroxylation sites is 2.